The van der Waals surface area contributed by atoms with Gasteiger partial charge in [-0.3, -0.25) is 14.6 Å². The van der Waals surface area contributed by atoms with Gasteiger partial charge in [-0.1, -0.05) is 23.7 Å². The molecule has 2 heterocycles. The first-order valence-electron chi connectivity index (χ1n) is 8.61. The van der Waals surface area contributed by atoms with Crippen molar-refractivity contribution in [1.29, 1.82) is 0 Å². The normalized spacial score (nSPS) is 10.6. The second kappa shape index (κ2) is 9.09. The van der Waals surface area contributed by atoms with Gasteiger partial charge in [0.15, 0.2) is 0 Å². The molecule has 0 unspecified atom stereocenters. The fourth-order valence-electron chi connectivity index (χ4n) is 2.56. The Morgan fingerprint density at radius 2 is 1.93 bits per heavy atom. The zero-order valence-electron chi connectivity index (χ0n) is 14.6. The van der Waals surface area contributed by atoms with E-state index in [2.05, 4.69) is 15.4 Å². The van der Waals surface area contributed by atoms with E-state index < -0.39 is 0 Å². The van der Waals surface area contributed by atoms with Crippen molar-refractivity contribution in [2.75, 3.05) is 0 Å². The van der Waals surface area contributed by atoms with Gasteiger partial charge >= 0.3 is 0 Å². The van der Waals surface area contributed by atoms with E-state index in [0.29, 0.717) is 36.6 Å². The van der Waals surface area contributed by atoms with Gasteiger partial charge in [0.2, 0.25) is 5.91 Å². The van der Waals surface area contributed by atoms with Crippen molar-refractivity contribution in [1.82, 2.24) is 20.1 Å². The van der Waals surface area contributed by atoms with Crippen molar-refractivity contribution >= 4 is 17.5 Å². The Morgan fingerprint density at radius 3 is 2.67 bits per heavy atom. The molecule has 3 aromatic rings. The Balaban J connectivity index is 1.51. The van der Waals surface area contributed by atoms with Crippen molar-refractivity contribution < 1.29 is 4.79 Å². The molecule has 0 saturated heterocycles. The van der Waals surface area contributed by atoms with Crippen molar-refractivity contribution in [3.63, 3.8) is 0 Å². The Morgan fingerprint density at radius 1 is 1.11 bits per heavy atom. The number of carbonyl (C=O) groups excluding carboxylic acids is 1. The van der Waals surface area contributed by atoms with Crippen molar-refractivity contribution in [2.24, 2.45) is 0 Å². The molecule has 6 nitrogen and oxygen atoms in total. The molecular weight excluding hydrogens is 364 g/mol. The fourth-order valence-corrected chi connectivity index (χ4v) is 2.68. The summed E-state index contributed by atoms with van der Waals surface area (Å²) in [6.45, 7) is 0.825. The standard InChI is InChI=1S/C20H19ClN4O2/c21-17-7-5-15(6-8-17)13-23-19(26)4-2-12-25-20(27)10-9-18(24-25)16-3-1-11-22-14-16/h1,3,5-11,14H,2,4,12-13H2,(H,23,26). The number of rotatable bonds is 7. The summed E-state index contributed by atoms with van der Waals surface area (Å²) in [7, 11) is 0. The zero-order valence-corrected chi connectivity index (χ0v) is 15.4. The number of hydrogen-bond acceptors (Lipinski definition) is 4. The molecule has 27 heavy (non-hydrogen) atoms. The number of hydrogen-bond donors (Lipinski definition) is 1. The third-order valence-corrected chi connectivity index (χ3v) is 4.25. The Labute approximate surface area is 161 Å². The third-order valence-electron chi connectivity index (χ3n) is 4.00. The molecule has 3 rings (SSSR count). The van der Waals surface area contributed by atoms with Crippen molar-refractivity contribution in [3.8, 4) is 11.3 Å². The van der Waals surface area contributed by atoms with Gasteiger partial charge < -0.3 is 5.32 Å². The molecule has 7 heteroatoms. The highest BCUT2D eigenvalue weighted by atomic mass is 35.5. The van der Waals surface area contributed by atoms with Crippen molar-refractivity contribution in [3.05, 3.63) is 81.9 Å². The van der Waals surface area contributed by atoms with Crippen LogP contribution in [0.1, 0.15) is 18.4 Å². The van der Waals surface area contributed by atoms with Gasteiger partial charge in [-0.25, -0.2) is 4.68 Å². The molecule has 0 atom stereocenters. The maximum absolute atomic E-state index is 12.0. The first-order chi connectivity index (χ1) is 13.1. The van der Waals surface area contributed by atoms with E-state index in [1.165, 1.54) is 10.7 Å². The van der Waals surface area contributed by atoms with Crippen LogP contribution in [0.2, 0.25) is 5.02 Å². The molecule has 1 aromatic carbocycles. The molecule has 0 aliphatic rings. The summed E-state index contributed by atoms with van der Waals surface area (Å²) in [6.07, 6.45) is 4.22. The molecule has 0 bridgehead atoms. The van der Waals surface area contributed by atoms with Crippen molar-refractivity contribution in [2.45, 2.75) is 25.9 Å². The van der Waals surface area contributed by atoms with Gasteiger partial charge in [-0.05, 0) is 42.3 Å². The van der Waals surface area contributed by atoms with Crippen LogP contribution in [0.4, 0.5) is 0 Å². The molecule has 0 aliphatic heterocycles. The van der Waals surface area contributed by atoms with E-state index in [4.69, 9.17) is 11.6 Å². The summed E-state index contributed by atoms with van der Waals surface area (Å²) in [5.74, 6) is -0.0681. The lowest BCUT2D eigenvalue weighted by atomic mass is 10.2. The fraction of sp³-hybridized carbons (Fsp3) is 0.200. The monoisotopic (exact) mass is 382 g/mol. The summed E-state index contributed by atoms with van der Waals surface area (Å²) >= 11 is 5.84. The van der Waals surface area contributed by atoms with Crippen LogP contribution in [0.3, 0.4) is 0 Å². The van der Waals surface area contributed by atoms with E-state index in [-0.39, 0.29) is 11.5 Å². The number of benzene rings is 1. The molecular formula is C20H19ClN4O2. The quantitative estimate of drug-likeness (QED) is 0.681. The summed E-state index contributed by atoms with van der Waals surface area (Å²) in [5.41, 5.74) is 2.31. The molecule has 0 fully saturated rings. The Hall–Kier alpha value is -2.99. The molecule has 0 aliphatic carbocycles. The molecule has 0 spiro atoms. The maximum atomic E-state index is 12.0. The summed E-state index contributed by atoms with van der Waals surface area (Å²) in [4.78, 5) is 28.0. The number of aromatic nitrogens is 3. The number of nitrogens with one attached hydrogen (secondary N) is 1. The van der Waals surface area contributed by atoms with Crippen LogP contribution in [0, 0.1) is 0 Å². The van der Waals surface area contributed by atoms with Gasteiger partial charge in [-0.15, -0.1) is 0 Å². The zero-order chi connectivity index (χ0) is 19.1. The topological polar surface area (TPSA) is 76.9 Å². The number of carbonyl (C=O) groups is 1. The van der Waals surface area contributed by atoms with Crippen LogP contribution in [0.15, 0.2) is 65.7 Å². The van der Waals surface area contributed by atoms with Gasteiger partial charge in [0.05, 0.1) is 5.69 Å². The van der Waals surface area contributed by atoms with E-state index in [1.807, 2.05) is 24.3 Å². The number of amides is 1. The smallest absolute Gasteiger partial charge is 0.266 e. The molecule has 1 amide bonds. The van der Waals surface area contributed by atoms with E-state index in [1.54, 1.807) is 30.6 Å². The predicted molar refractivity (Wildman–Crippen MR) is 104 cm³/mol. The SMILES string of the molecule is O=C(CCCn1nc(-c2cccnc2)ccc1=O)NCc1ccc(Cl)cc1. The summed E-state index contributed by atoms with van der Waals surface area (Å²) in [5, 5.41) is 7.88. The minimum Gasteiger partial charge on any atom is -0.352 e. The largest absolute Gasteiger partial charge is 0.352 e. The van der Waals surface area contributed by atoms with Crippen LogP contribution in [0.5, 0.6) is 0 Å². The number of pyridine rings is 1. The second-order valence-electron chi connectivity index (χ2n) is 6.03. The van der Waals surface area contributed by atoms with Gasteiger partial charge in [0, 0.05) is 48.6 Å². The first-order valence-corrected chi connectivity index (χ1v) is 8.99. The molecule has 0 saturated carbocycles. The van der Waals surface area contributed by atoms with Crippen LogP contribution < -0.4 is 10.9 Å². The number of aryl methyl sites for hydroxylation is 1. The highest BCUT2D eigenvalue weighted by Gasteiger charge is 2.06. The molecule has 2 aromatic heterocycles. The van der Waals surface area contributed by atoms with Crippen LogP contribution >= 0.6 is 11.6 Å². The first kappa shape index (κ1) is 18.8. The Kier molecular flexibility index (Phi) is 6.33. The Bertz CT molecular complexity index is 956. The summed E-state index contributed by atoms with van der Waals surface area (Å²) < 4.78 is 1.38. The third kappa shape index (κ3) is 5.49. The van der Waals surface area contributed by atoms with Gasteiger partial charge in [-0.2, -0.15) is 5.10 Å². The molecule has 138 valence electrons. The highest BCUT2D eigenvalue weighted by Crippen LogP contribution is 2.13. The lowest BCUT2D eigenvalue weighted by Gasteiger charge is -2.08. The van der Waals surface area contributed by atoms with E-state index in [0.717, 1.165) is 11.1 Å². The average molecular weight is 383 g/mol. The lowest BCUT2D eigenvalue weighted by Crippen LogP contribution is -2.25. The highest BCUT2D eigenvalue weighted by molar-refractivity contribution is 6.30. The lowest BCUT2D eigenvalue weighted by molar-refractivity contribution is -0.121. The minimum atomic E-state index is -0.191. The van der Waals surface area contributed by atoms with Gasteiger partial charge in [0.25, 0.3) is 5.56 Å². The van der Waals surface area contributed by atoms with Crippen LogP contribution in [0.25, 0.3) is 11.3 Å². The maximum Gasteiger partial charge on any atom is 0.266 e. The number of halogens is 1. The predicted octanol–water partition coefficient (Wildman–Crippen LogP) is 3.06. The van der Waals surface area contributed by atoms with Gasteiger partial charge in [0.1, 0.15) is 0 Å². The second-order valence-corrected chi connectivity index (χ2v) is 6.46. The summed E-state index contributed by atoms with van der Waals surface area (Å²) in [6, 6.07) is 14.2. The molecule has 1 N–H and O–H groups in total. The number of nitrogens with zero attached hydrogens (tertiary/aromatic N) is 3. The van der Waals surface area contributed by atoms with Crippen LogP contribution in [-0.4, -0.2) is 20.7 Å². The van der Waals surface area contributed by atoms with E-state index >= 15 is 0 Å². The van der Waals surface area contributed by atoms with E-state index in [9.17, 15) is 9.59 Å². The average Bonchev–Trinajstić information content (AvgIpc) is 2.69. The molecule has 0 radical (unpaired) electrons. The minimum absolute atomic E-state index is 0.0681. The van der Waals surface area contributed by atoms with Crippen LogP contribution in [-0.2, 0) is 17.9 Å².